The summed E-state index contributed by atoms with van der Waals surface area (Å²) >= 11 is 0. The minimum absolute atomic E-state index is 0. The van der Waals surface area contributed by atoms with Crippen molar-refractivity contribution in [2.75, 3.05) is 13.7 Å². The van der Waals surface area contributed by atoms with Crippen LogP contribution in [0.25, 0.3) is 0 Å². The SMILES string of the molecule is [CH2-]CC(=O)NC1CCC(CC(=O)OC2CC[C@]3(CO3)C([C@]3(C)O[C@@H]3CC=C(C)C)C2OC)CC1.[V]. The monoisotopic (exact) mass is 527 g/mol. The number of esters is 1. The summed E-state index contributed by atoms with van der Waals surface area (Å²) < 4.78 is 24.3. The molecule has 2 saturated heterocycles. The van der Waals surface area contributed by atoms with E-state index in [0.29, 0.717) is 12.3 Å². The molecular formula is C27H42NO6V-. The van der Waals surface area contributed by atoms with Gasteiger partial charge in [-0.1, -0.05) is 11.6 Å². The van der Waals surface area contributed by atoms with Crippen molar-refractivity contribution in [1.82, 2.24) is 5.32 Å². The first-order valence-electron chi connectivity index (χ1n) is 13.0. The summed E-state index contributed by atoms with van der Waals surface area (Å²) in [6.07, 6.45) is 8.66. The smallest absolute Gasteiger partial charge is 0.306 e. The number of methoxy groups -OCH3 is 1. The van der Waals surface area contributed by atoms with Crippen LogP contribution in [0.4, 0.5) is 0 Å². The minimum atomic E-state index is -0.328. The van der Waals surface area contributed by atoms with Crippen molar-refractivity contribution in [3.05, 3.63) is 18.6 Å². The molecule has 1 spiro atoms. The van der Waals surface area contributed by atoms with Gasteiger partial charge in [-0.3, -0.25) is 9.59 Å². The summed E-state index contributed by atoms with van der Waals surface area (Å²) in [5.74, 6) is 0.191. The molecule has 35 heavy (non-hydrogen) atoms. The predicted molar refractivity (Wildman–Crippen MR) is 128 cm³/mol. The van der Waals surface area contributed by atoms with E-state index in [9.17, 15) is 9.59 Å². The van der Waals surface area contributed by atoms with Crippen LogP contribution in [0, 0.1) is 18.8 Å². The first-order chi connectivity index (χ1) is 16.2. The predicted octanol–water partition coefficient (Wildman–Crippen LogP) is 3.89. The van der Waals surface area contributed by atoms with Gasteiger partial charge in [-0.2, -0.15) is 0 Å². The number of carbonyl (C=O) groups is 2. The third-order valence-corrected chi connectivity index (χ3v) is 8.41. The van der Waals surface area contributed by atoms with Crippen molar-refractivity contribution in [3.63, 3.8) is 0 Å². The average molecular weight is 528 g/mol. The Morgan fingerprint density at radius 1 is 1.17 bits per heavy atom. The molecule has 3 unspecified atom stereocenters. The molecule has 0 aromatic rings. The third-order valence-electron chi connectivity index (χ3n) is 8.41. The van der Waals surface area contributed by atoms with Crippen LogP contribution in [0.3, 0.4) is 0 Å². The minimum Gasteiger partial charge on any atom is -0.460 e. The van der Waals surface area contributed by atoms with Crippen LogP contribution in [0.1, 0.15) is 78.6 Å². The quantitative estimate of drug-likeness (QED) is 0.212. The van der Waals surface area contributed by atoms with Gasteiger partial charge >= 0.3 is 5.97 Å². The van der Waals surface area contributed by atoms with Gasteiger partial charge in [0, 0.05) is 38.1 Å². The number of amides is 1. The van der Waals surface area contributed by atoms with E-state index in [-0.39, 0.29) is 78.3 Å². The second kappa shape index (κ2) is 11.7. The zero-order chi connectivity index (χ0) is 24.5. The molecule has 1 amide bonds. The van der Waals surface area contributed by atoms with Crippen LogP contribution in [0.15, 0.2) is 11.6 Å². The Kier molecular flexibility index (Phi) is 9.58. The number of carbonyl (C=O) groups excluding carboxylic acids is 2. The molecule has 4 rings (SSSR count). The average Bonchev–Trinajstić information content (AvgIpc) is 3.72. The molecule has 2 heterocycles. The van der Waals surface area contributed by atoms with Gasteiger partial charge in [-0.25, -0.2) is 0 Å². The summed E-state index contributed by atoms with van der Waals surface area (Å²) in [7, 11) is 1.71. The number of epoxide rings is 2. The molecule has 2 aliphatic carbocycles. The number of ether oxygens (including phenoxy) is 4. The molecule has 1 radical (unpaired) electrons. The Balaban J connectivity index is 0.00000342. The fourth-order valence-corrected chi connectivity index (χ4v) is 6.33. The maximum absolute atomic E-state index is 12.9. The second-order valence-corrected chi connectivity index (χ2v) is 11.1. The first-order valence-corrected chi connectivity index (χ1v) is 13.0. The molecule has 2 saturated carbocycles. The molecule has 7 nitrogen and oxygen atoms in total. The van der Waals surface area contributed by atoms with Crippen LogP contribution in [0.5, 0.6) is 0 Å². The van der Waals surface area contributed by atoms with Gasteiger partial charge in [0.25, 0.3) is 0 Å². The molecule has 1 N–H and O–H groups in total. The molecular weight excluding hydrogens is 485 g/mol. The zero-order valence-electron chi connectivity index (χ0n) is 21.7. The van der Waals surface area contributed by atoms with Gasteiger partial charge in [0.1, 0.15) is 23.4 Å². The number of hydrogen-bond donors (Lipinski definition) is 1. The standard InChI is InChI=1S/C27H42NO6.V/c1-6-22(29)28-19-10-8-18(9-11-19)15-23(30)33-20-13-14-27(16-32-27)25(24(20)31-5)26(4)21(34-26)12-7-17(2)3;/h7,18-21,24-25H,1,6,8-16H2,2-5H3,(H,28,29);/q-1;/t18?,19?,20?,21-,24?,25?,26-,27+;/m1./s1. The van der Waals surface area contributed by atoms with E-state index in [1.54, 1.807) is 7.11 Å². The van der Waals surface area contributed by atoms with Gasteiger partial charge in [0.15, 0.2) is 5.91 Å². The van der Waals surface area contributed by atoms with Gasteiger partial charge in [-0.05, 0) is 71.6 Å². The van der Waals surface area contributed by atoms with E-state index in [0.717, 1.165) is 51.6 Å². The third kappa shape index (κ3) is 6.53. The maximum atomic E-state index is 12.9. The molecule has 2 aliphatic heterocycles. The Hall–Kier alpha value is -0.856. The Labute approximate surface area is 222 Å². The molecule has 0 aromatic carbocycles. The van der Waals surface area contributed by atoms with Gasteiger partial charge in [-0.15, -0.1) is 6.42 Å². The van der Waals surface area contributed by atoms with Crippen molar-refractivity contribution in [2.24, 2.45) is 11.8 Å². The van der Waals surface area contributed by atoms with E-state index in [4.69, 9.17) is 18.9 Å². The van der Waals surface area contributed by atoms with Crippen molar-refractivity contribution in [3.8, 4) is 0 Å². The largest absolute Gasteiger partial charge is 0.460 e. The fourth-order valence-electron chi connectivity index (χ4n) is 6.33. The van der Waals surface area contributed by atoms with E-state index in [1.807, 2.05) is 0 Å². The van der Waals surface area contributed by atoms with Crippen LogP contribution in [0.2, 0.25) is 0 Å². The molecule has 0 aromatic heterocycles. The summed E-state index contributed by atoms with van der Waals surface area (Å²) in [5.41, 5.74) is 0.743. The topological polar surface area (TPSA) is 89.7 Å². The van der Waals surface area contributed by atoms with E-state index in [2.05, 4.69) is 39.1 Å². The van der Waals surface area contributed by atoms with Crippen LogP contribution < -0.4 is 5.32 Å². The molecule has 4 aliphatic rings. The summed E-state index contributed by atoms with van der Waals surface area (Å²) in [4.78, 5) is 24.5. The van der Waals surface area contributed by atoms with Crippen LogP contribution >= 0.6 is 0 Å². The number of nitrogens with one attached hydrogen (secondary N) is 1. The molecule has 8 heteroatoms. The summed E-state index contributed by atoms with van der Waals surface area (Å²) in [6, 6.07) is 0.201. The second-order valence-electron chi connectivity index (χ2n) is 11.1. The van der Waals surface area contributed by atoms with Crippen LogP contribution in [-0.2, 0) is 47.1 Å². The zero-order valence-corrected chi connectivity index (χ0v) is 23.1. The van der Waals surface area contributed by atoms with Crippen LogP contribution in [-0.4, -0.2) is 61.1 Å². The molecule has 6 atom stereocenters. The fraction of sp³-hybridized carbons (Fsp3) is 0.815. The Morgan fingerprint density at radius 2 is 1.86 bits per heavy atom. The summed E-state index contributed by atoms with van der Waals surface area (Å²) in [5, 5.41) is 3.02. The van der Waals surface area contributed by atoms with Gasteiger partial charge < -0.3 is 31.2 Å². The number of hydrogen-bond acceptors (Lipinski definition) is 6. The number of rotatable bonds is 9. The normalized spacial score (nSPS) is 39.8. The van der Waals surface area contributed by atoms with Crippen molar-refractivity contribution in [2.45, 2.75) is 114 Å². The van der Waals surface area contributed by atoms with Crippen molar-refractivity contribution in [1.29, 1.82) is 0 Å². The molecule has 0 bridgehead atoms. The Morgan fingerprint density at radius 3 is 2.43 bits per heavy atom. The molecule has 197 valence electrons. The van der Waals surface area contributed by atoms with Gasteiger partial charge in [0.05, 0.1) is 18.6 Å². The van der Waals surface area contributed by atoms with E-state index >= 15 is 0 Å². The van der Waals surface area contributed by atoms with E-state index < -0.39 is 0 Å². The maximum Gasteiger partial charge on any atom is 0.306 e. The number of allylic oxidation sites excluding steroid dienone is 1. The Bertz CT molecular complexity index is 787. The van der Waals surface area contributed by atoms with E-state index in [1.165, 1.54) is 5.57 Å². The molecule has 4 fully saturated rings. The first kappa shape index (κ1) is 28.7. The van der Waals surface area contributed by atoms with Gasteiger partial charge in [0.2, 0.25) is 0 Å². The van der Waals surface area contributed by atoms with Crippen molar-refractivity contribution >= 4 is 11.9 Å². The van der Waals surface area contributed by atoms with Crippen molar-refractivity contribution < 1.29 is 47.1 Å². The summed E-state index contributed by atoms with van der Waals surface area (Å²) in [6.45, 7) is 10.7.